The Morgan fingerprint density at radius 2 is 1.73 bits per heavy atom. The third-order valence-corrected chi connectivity index (χ3v) is 5.30. The van der Waals surface area contributed by atoms with E-state index < -0.39 is 4.92 Å². The minimum Gasteiger partial charge on any atom is -0.353 e. The highest BCUT2D eigenvalue weighted by atomic mass is 16.6. The molecule has 0 N–H and O–H groups in total. The average Bonchev–Trinajstić information content (AvgIpc) is 2.79. The van der Waals surface area contributed by atoms with Crippen molar-refractivity contribution >= 4 is 17.4 Å². The van der Waals surface area contributed by atoms with E-state index in [0.717, 1.165) is 11.4 Å². The minimum absolute atomic E-state index is 0.0334. The minimum atomic E-state index is -0.455. The molecule has 1 fully saturated rings. The molecule has 0 unspecified atom stereocenters. The van der Waals surface area contributed by atoms with Crippen LogP contribution in [0.5, 0.6) is 0 Å². The topological polar surface area (TPSA) is 92.5 Å². The van der Waals surface area contributed by atoms with Crippen molar-refractivity contribution < 1.29 is 9.72 Å². The molecule has 1 saturated heterocycles. The first-order valence-corrected chi connectivity index (χ1v) is 9.71. The monoisotopic (exact) mass is 403 g/mol. The Morgan fingerprint density at radius 3 is 2.43 bits per heavy atom. The fourth-order valence-corrected chi connectivity index (χ4v) is 3.61. The van der Waals surface area contributed by atoms with Gasteiger partial charge in [-0.15, -0.1) is 0 Å². The number of hydrogen-bond acceptors (Lipinski definition) is 6. The molecule has 0 aliphatic carbocycles. The molecule has 30 heavy (non-hydrogen) atoms. The predicted molar refractivity (Wildman–Crippen MR) is 113 cm³/mol. The quantitative estimate of drug-likeness (QED) is 0.490. The number of carbonyl (C=O) groups is 1. The number of nitrogens with zero attached hydrogens (tertiary/aromatic N) is 5. The zero-order valence-corrected chi connectivity index (χ0v) is 16.6. The Morgan fingerprint density at radius 1 is 1.00 bits per heavy atom. The molecule has 1 aromatic heterocycles. The number of amides is 1. The second-order valence-electron chi connectivity index (χ2n) is 7.09. The van der Waals surface area contributed by atoms with Gasteiger partial charge in [0.05, 0.1) is 4.92 Å². The summed E-state index contributed by atoms with van der Waals surface area (Å²) in [6.07, 6.45) is 1.74. The summed E-state index contributed by atoms with van der Waals surface area (Å²) in [4.78, 5) is 36.5. The first kappa shape index (κ1) is 19.5. The number of benzene rings is 2. The van der Waals surface area contributed by atoms with Crippen LogP contribution in [0.3, 0.4) is 0 Å². The van der Waals surface area contributed by atoms with Crippen molar-refractivity contribution in [1.82, 2.24) is 14.9 Å². The van der Waals surface area contributed by atoms with Gasteiger partial charge in [0.15, 0.2) is 5.82 Å². The lowest BCUT2D eigenvalue weighted by molar-refractivity contribution is -0.385. The normalized spacial score (nSPS) is 13.9. The van der Waals surface area contributed by atoms with Crippen molar-refractivity contribution in [3.05, 3.63) is 82.0 Å². The molecule has 3 aromatic rings. The maximum absolute atomic E-state index is 12.9. The summed E-state index contributed by atoms with van der Waals surface area (Å²) in [7, 11) is 0. The Labute approximate surface area is 174 Å². The van der Waals surface area contributed by atoms with Crippen molar-refractivity contribution in [2.24, 2.45) is 0 Å². The maximum Gasteiger partial charge on any atom is 0.273 e. The first-order chi connectivity index (χ1) is 14.5. The fraction of sp³-hybridized carbons (Fsp3) is 0.227. The molecule has 0 bridgehead atoms. The SMILES string of the molecule is Cc1c(C(=O)N2CCN(c3ccnc(-c4ccccc4)n3)CC2)cccc1[N+](=O)[O-]. The van der Waals surface area contributed by atoms with E-state index >= 15 is 0 Å². The van der Waals surface area contributed by atoms with Gasteiger partial charge < -0.3 is 9.80 Å². The lowest BCUT2D eigenvalue weighted by Gasteiger charge is -2.35. The molecule has 0 atom stereocenters. The number of nitro groups is 1. The predicted octanol–water partition coefficient (Wildman–Crippen LogP) is 3.32. The van der Waals surface area contributed by atoms with Crippen molar-refractivity contribution in [2.75, 3.05) is 31.1 Å². The van der Waals surface area contributed by atoms with Crippen LogP contribution in [0, 0.1) is 17.0 Å². The van der Waals surface area contributed by atoms with Gasteiger partial charge in [-0.2, -0.15) is 0 Å². The zero-order valence-electron chi connectivity index (χ0n) is 16.6. The highest BCUT2D eigenvalue weighted by Crippen LogP contribution is 2.24. The molecule has 152 valence electrons. The second kappa shape index (κ2) is 8.28. The Bertz CT molecular complexity index is 1080. The molecule has 1 amide bonds. The van der Waals surface area contributed by atoms with Crippen LogP contribution in [0.4, 0.5) is 11.5 Å². The number of anilines is 1. The summed E-state index contributed by atoms with van der Waals surface area (Å²) in [6, 6.07) is 16.3. The lowest BCUT2D eigenvalue weighted by atomic mass is 10.1. The number of carbonyl (C=O) groups excluding carboxylic acids is 1. The van der Waals surface area contributed by atoms with Gasteiger partial charge in [0.1, 0.15) is 5.82 Å². The maximum atomic E-state index is 12.9. The second-order valence-corrected chi connectivity index (χ2v) is 7.09. The molecule has 2 heterocycles. The lowest BCUT2D eigenvalue weighted by Crippen LogP contribution is -2.49. The van der Waals surface area contributed by atoms with E-state index in [4.69, 9.17) is 0 Å². The summed E-state index contributed by atoms with van der Waals surface area (Å²) >= 11 is 0. The number of aromatic nitrogens is 2. The van der Waals surface area contributed by atoms with Gasteiger partial charge in [-0.25, -0.2) is 9.97 Å². The molecule has 0 spiro atoms. The third-order valence-electron chi connectivity index (χ3n) is 5.30. The van der Waals surface area contributed by atoms with Crippen molar-refractivity contribution in [3.8, 4) is 11.4 Å². The smallest absolute Gasteiger partial charge is 0.273 e. The molecule has 8 nitrogen and oxygen atoms in total. The third kappa shape index (κ3) is 3.84. The molecule has 1 aliphatic rings. The Balaban J connectivity index is 1.47. The van der Waals surface area contributed by atoms with Crippen molar-refractivity contribution in [1.29, 1.82) is 0 Å². The molecule has 0 saturated carbocycles. The van der Waals surface area contributed by atoms with E-state index in [-0.39, 0.29) is 11.6 Å². The highest BCUT2D eigenvalue weighted by molar-refractivity contribution is 5.96. The summed E-state index contributed by atoms with van der Waals surface area (Å²) in [5.41, 5.74) is 1.70. The van der Waals surface area contributed by atoms with E-state index in [9.17, 15) is 14.9 Å². The number of nitro benzene ring substituents is 1. The molecule has 4 rings (SSSR count). The largest absolute Gasteiger partial charge is 0.353 e. The van der Waals surface area contributed by atoms with Crippen LogP contribution in [-0.2, 0) is 0 Å². The molecule has 0 radical (unpaired) electrons. The molecular formula is C22H21N5O3. The summed E-state index contributed by atoms with van der Waals surface area (Å²) in [5, 5.41) is 11.2. The zero-order chi connectivity index (χ0) is 21.1. The molecular weight excluding hydrogens is 382 g/mol. The van der Waals surface area contributed by atoms with Gasteiger partial charge in [-0.1, -0.05) is 36.4 Å². The average molecular weight is 403 g/mol. The van der Waals surface area contributed by atoms with Gasteiger partial charge >= 0.3 is 0 Å². The Kier molecular flexibility index (Phi) is 5.38. The van der Waals surface area contributed by atoms with E-state index in [1.165, 1.54) is 6.07 Å². The summed E-state index contributed by atoms with van der Waals surface area (Å²) in [6.45, 7) is 3.92. The van der Waals surface area contributed by atoms with E-state index in [1.807, 2.05) is 36.4 Å². The number of piperazine rings is 1. The van der Waals surface area contributed by atoms with Gasteiger partial charge in [-0.3, -0.25) is 14.9 Å². The number of hydrogen-bond donors (Lipinski definition) is 0. The van der Waals surface area contributed by atoms with Crippen LogP contribution in [0.1, 0.15) is 15.9 Å². The van der Waals surface area contributed by atoms with Gasteiger partial charge in [-0.05, 0) is 19.1 Å². The Hall–Kier alpha value is -3.81. The van der Waals surface area contributed by atoms with Crippen LogP contribution in [0.15, 0.2) is 60.8 Å². The van der Waals surface area contributed by atoms with Crippen LogP contribution >= 0.6 is 0 Å². The highest BCUT2D eigenvalue weighted by Gasteiger charge is 2.26. The first-order valence-electron chi connectivity index (χ1n) is 9.71. The molecule has 1 aliphatic heterocycles. The van der Waals surface area contributed by atoms with Gasteiger partial charge in [0.25, 0.3) is 11.6 Å². The van der Waals surface area contributed by atoms with E-state index in [0.29, 0.717) is 43.1 Å². The fourth-order valence-electron chi connectivity index (χ4n) is 3.61. The van der Waals surface area contributed by atoms with E-state index in [1.54, 1.807) is 30.2 Å². The molecule has 2 aromatic carbocycles. The van der Waals surface area contributed by atoms with Crippen molar-refractivity contribution in [3.63, 3.8) is 0 Å². The standard InChI is InChI=1S/C22H21N5O3/c1-16-18(8-5-9-19(16)27(29)30)22(28)26-14-12-25(13-15-26)20-10-11-23-21(24-20)17-6-3-2-4-7-17/h2-11H,12-15H2,1H3. The van der Waals surface area contributed by atoms with E-state index in [2.05, 4.69) is 14.9 Å². The summed E-state index contributed by atoms with van der Waals surface area (Å²) in [5.74, 6) is 1.31. The van der Waals surface area contributed by atoms with Crippen LogP contribution < -0.4 is 4.90 Å². The van der Waals surface area contributed by atoms with Gasteiger partial charge in [0, 0.05) is 55.1 Å². The number of rotatable bonds is 4. The van der Waals surface area contributed by atoms with Crippen molar-refractivity contribution in [2.45, 2.75) is 6.92 Å². The summed E-state index contributed by atoms with van der Waals surface area (Å²) < 4.78 is 0. The molecule has 8 heteroatoms. The van der Waals surface area contributed by atoms with Crippen LogP contribution in [0.25, 0.3) is 11.4 Å². The van der Waals surface area contributed by atoms with Gasteiger partial charge in [0.2, 0.25) is 0 Å². The van der Waals surface area contributed by atoms with Crippen LogP contribution in [-0.4, -0.2) is 51.9 Å². The van der Waals surface area contributed by atoms with Crippen LogP contribution in [0.2, 0.25) is 0 Å².